The summed E-state index contributed by atoms with van der Waals surface area (Å²) in [5, 5.41) is 16.3. The standard InChI is InChI=1S/C47H54ClN9O9/c48-36-29-49-28-35(42(36)55-19-13-47(14-20-55)12-15-52-46(47)63)32-8-6-31(7-9-32)33-27-53-56(30-33)18-2-5-39(58)51-17-22-65-24-26-66-25-23-64-21-16-50-37-4-1-3-34-41(37)45(62)57(44(34)61)38-10-11-40(59)54-43(38)60/h1,3-4,6-9,27-30,38,50H,2,5,10-26H2,(H,51,58)(H,52,63)(H,54,59,60). The van der Waals surface area contributed by atoms with Gasteiger partial charge in [-0.3, -0.25) is 48.6 Å². The van der Waals surface area contributed by atoms with Crippen molar-refractivity contribution in [2.45, 2.75) is 57.5 Å². The molecule has 2 aromatic heterocycles. The first-order valence-corrected chi connectivity index (χ1v) is 22.9. The number of ether oxygens (including phenoxy) is 3. The molecule has 0 bridgehead atoms. The molecule has 1 spiro atoms. The smallest absolute Gasteiger partial charge is 0.264 e. The van der Waals surface area contributed by atoms with Crippen molar-refractivity contribution in [3.8, 4) is 22.3 Å². The number of fused-ring (bicyclic) bond motifs is 1. The lowest BCUT2D eigenvalue weighted by Crippen LogP contribution is -2.54. The van der Waals surface area contributed by atoms with Crippen LogP contribution < -0.4 is 26.2 Å². The molecule has 19 heteroatoms. The number of benzene rings is 2. The molecule has 66 heavy (non-hydrogen) atoms. The lowest BCUT2D eigenvalue weighted by atomic mass is 9.77. The fraction of sp³-hybridized carbons (Fsp3) is 0.447. The van der Waals surface area contributed by atoms with E-state index < -0.39 is 29.7 Å². The zero-order valence-electron chi connectivity index (χ0n) is 36.7. The number of halogens is 1. The molecule has 4 aliphatic heterocycles. The Labute approximate surface area is 387 Å². The van der Waals surface area contributed by atoms with E-state index in [-0.39, 0.29) is 41.2 Å². The van der Waals surface area contributed by atoms with Gasteiger partial charge in [0.1, 0.15) is 6.04 Å². The van der Waals surface area contributed by atoms with Gasteiger partial charge in [-0.1, -0.05) is 41.9 Å². The quantitative estimate of drug-likeness (QED) is 0.0692. The van der Waals surface area contributed by atoms with E-state index >= 15 is 0 Å². The van der Waals surface area contributed by atoms with Crippen LogP contribution in [0.4, 0.5) is 11.4 Å². The fourth-order valence-electron chi connectivity index (χ4n) is 9.00. The van der Waals surface area contributed by atoms with Crippen molar-refractivity contribution in [3.63, 3.8) is 0 Å². The summed E-state index contributed by atoms with van der Waals surface area (Å²) in [6.45, 7) is 5.71. The number of hydrogen-bond acceptors (Lipinski definition) is 13. The molecule has 0 radical (unpaired) electrons. The van der Waals surface area contributed by atoms with E-state index in [9.17, 15) is 28.8 Å². The summed E-state index contributed by atoms with van der Waals surface area (Å²) in [7, 11) is 0. The van der Waals surface area contributed by atoms with Gasteiger partial charge in [-0.25, -0.2) is 0 Å². The van der Waals surface area contributed by atoms with Gasteiger partial charge in [-0.05, 0) is 55.4 Å². The SMILES string of the molecule is O=C(CCCn1cc(-c2ccc(-c3cncc(Cl)c3N3CCC4(CCNC4=O)CC3)cc2)cn1)NCCOCCOCCOCCNc1cccc2c1C(=O)N(C1CCC(=O)NC1=O)C2=O. The summed E-state index contributed by atoms with van der Waals surface area (Å²) in [5.41, 5.74) is 5.52. The van der Waals surface area contributed by atoms with Gasteiger partial charge >= 0.3 is 0 Å². The Balaban J connectivity index is 0.659. The van der Waals surface area contributed by atoms with Crippen LogP contribution in [0.15, 0.2) is 67.3 Å². The fourth-order valence-corrected chi connectivity index (χ4v) is 9.28. The molecule has 2 aromatic carbocycles. The summed E-state index contributed by atoms with van der Waals surface area (Å²) in [6.07, 6.45) is 11.0. The second-order valence-corrected chi connectivity index (χ2v) is 17.2. The zero-order chi connectivity index (χ0) is 46.0. The molecule has 8 rings (SSSR count). The number of pyridine rings is 1. The molecule has 4 aliphatic rings. The van der Waals surface area contributed by atoms with Crippen LogP contribution in [0.5, 0.6) is 0 Å². The number of nitrogens with zero attached hydrogens (tertiary/aromatic N) is 5. The Hall–Kier alpha value is -6.21. The molecule has 3 fully saturated rings. The Kier molecular flexibility index (Phi) is 15.0. The average molecular weight is 924 g/mol. The van der Waals surface area contributed by atoms with Gasteiger partial charge in [0.2, 0.25) is 23.6 Å². The Morgan fingerprint density at radius 3 is 2.27 bits per heavy atom. The molecule has 6 heterocycles. The Bertz CT molecular complexity index is 2440. The Morgan fingerprint density at radius 2 is 1.55 bits per heavy atom. The van der Waals surface area contributed by atoms with Crippen molar-refractivity contribution in [2.24, 2.45) is 5.41 Å². The molecule has 1 unspecified atom stereocenters. The maximum Gasteiger partial charge on any atom is 0.264 e. The minimum absolute atomic E-state index is 0.0553. The predicted octanol–water partition coefficient (Wildman–Crippen LogP) is 3.83. The summed E-state index contributed by atoms with van der Waals surface area (Å²) in [6, 6.07) is 12.1. The molecule has 1 atom stereocenters. The molecule has 18 nitrogen and oxygen atoms in total. The number of amides is 6. The third kappa shape index (κ3) is 10.6. The summed E-state index contributed by atoms with van der Waals surface area (Å²) < 4.78 is 18.6. The van der Waals surface area contributed by atoms with Crippen molar-refractivity contribution < 1.29 is 43.0 Å². The second-order valence-electron chi connectivity index (χ2n) is 16.8. The Morgan fingerprint density at radius 1 is 0.818 bits per heavy atom. The number of hydrogen-bond donors (Lipinski definition) is 4. The van der Waals surface area contributed by atoms with Crippen molar-refractivity contribution in [1.29, 1.82) is 0 Å². The van der Waals surface area contributed by atoms with Crippen LogP contribution in [0.1, 0.15) is 65.7 Å². The molecule has 348 valence electrons. The minimum Gasteiger partial charge on any atom is -0.382 e. The lowest BCUT2D eigenvalue weighted by molar-refractivity contribution is -0.136. The number of aryl methyl sites for hydroxylation is 1. The third-order valence-corrected chi connectivity index (χ3v) is 12.9. The van der Waals surface area contributed by atoms with Gasteiger partial charge in [0.05, 0.1) is 73.1 Å². The van der Waals surface area contributed by atoms with Gasteiger partial charge in [0.25, 0.3) is 11.8 Å². The number of aromatic nitrogens is 3. The molecule has 3 saturated heterocycles. The molecular formula is C47H54ClN9O9. The molecular weight excluding hydrogens is 870 g/mol. The highest BCUT2D eigenvalue weighted by molar-refractivity contribution is 6.34. The zero-order valence-corrected chi connectivity index (χ0v) is 37.4. The predicted molar refractivity (Wildman–Crippen MR) is 244 cm³/mol. The van der Waals surface area contributed by atoms with Crippen LogP contribution in [0.25, 0.3) is 22.3 Å². The van der Waals surface area contributed by atoms with Crippen LogP contribution in [0.3, 0.4) is 0 Å². The maximum absolute atomic E-state index is 13.2. The first-order chi connectivity index (χ1) is 32.1. The topological polar surface area (TPSA) is 215 Å². The summed E-state index contributed by atoms with van der Waals surface area (Å²) in [5.74, 6) is -2.09. The number of imide groups is 2. The number of anilines is 2. The van der Waals surface area contributed by atoms with Crippen molar-refractivity contribution in [2.75, 3.05) is 82.6 Å². The summed E-state index contributed by atoms with van der Waals surface area (Å²) in [4.78, 5) is 82.8. The number of nitrogens with one attached hydrogen (secondary N) is 4. The molecule has 0 saturated carbocycles. The number of carbonyl (C=O) groups excluding carboxylic acids is 6. The lowest BCUT2D eigenvalue weighted by Gasteiger charge is -2.39. The van der Waals surface area contributed by atoms with Crippen LogP contribution >= 0.6 is 11.6 Å². The molecule has 4 aromatic rings. The van der Waals surface area contributed by atoms with Crippen molar-refractivity contribution in [1.82, 2.24) is 35.6 Å². The highest BCUT2D eigenvalue weighted by Gasteiger charge is 2.46. The normalized spacial score (nSPS) is 17.9. The first kappa shape index (κ1) is 46.3. The largest absolute Gasteiger partial charge is 0.382 e. The monoisotopic (exact) mass is 923 g/mol. The minimum atomic E-state index is -1.03. The molecule has 4 N–H and O–H groups in total. The number of rotatable bonds is 21. The van der Waals surface area contributed by atoms with Gasteiger partial charge in [-0.2, -0.15) is 5.10 Å². The van der Waals surface area contributed by atoms with Gasteiger partial charge in [0.15, 0.2) is 0 Å². The average Bonchev–Trinajstić information content (AvgIpc) is 4.01. The van der Waals surface area contributed by atoms with Crippen LogP contribution in [-0.2, 0) is 39.9 Å². The van der Waals surface area contributed by atoms with Gasteiger partial charge < -0.3 is 35.1 Å². The van der Waals surface area contributed by atoms with Gasteiger partial charge in [0, 0.05) is 87.5 Å². The van der Waals surface area contributed by atoms with Crippen molar-refractivity contribution in [3.05, 3.63) is 83.4 Å². The van der Waals surface area contributed by atoms with E-state index in [0.29, 0.717) is 82.8 Å². The van der Waals surface area contributed by atoms with E-state index in [1.165, 1.54) is 0 Å². The van der Waals surface area contributed by atoms with E-state index in [1.54, 1.807) is 24.4 Å². The van der Waals surface area contributed by atoms with E-state index in [2.05, 4.69) is 60.5 Å². The second kappa shape index (κ2) is 21.4. The maximum atomic E-state index is 13.2. The first-order valence-electron chi connectivity index (χ1n) is 22.5. The highest BCUT2D eigenvalue weighted by atomic mass is 35.5. The number of piperidine rings is 2. The van der Waals surface area contributed by atoms with Crippen LogP contribution in [0, 0.1) is 5.41 Å². The molecule has 0 aliphatic carbocycles. The van der Waals surface area contributed by atoms with Crippen LogP contribution in [-0.4, -0.2) is 134 Å². The summed E-state index contributed by atoms with van der Waals surface area (Å²) >= 11 is 6.74. The third-order valence-electron chi connectivity index (χ3n) is 12.6. The van der Waals surface area contributed by atoms with E-state index in [0.717, 1.165) is 71.7 Å². The van der Waals surface area contributed by atoms with Gasteiger partial charge in [-0.15, -0.1) is 0 Å². The van der Waals surface area contributed by atoms with E-state index in [4.69, 9.17) is 25.8 Å². The van der Waals surface area contributed by atoms with Crippen LogP contribution in [0.2, 0.25) is 5.02 Å². The molecule has 6 amide bonds. The van der Waals surface area contributed by atoms with Crippen molar-refractivity contribution >= 4 is 58.4 Å². The highest BCUT2D eigenvalue weighted by Crippen LogP contribution is 2.43. The van der Waals surface area contributed by atoms with E-state index in [1.807, 2.05) is 23.3 Å². The number of carbonyl (C=O) groups is 6.